The molecule has 0 aliphatic heterocycles. The molecule has 5 nitrogen and oxygen atoms in total. The second-order valence-electron chi connectivity index (χ2n) is 5.49. The van der Waals surface area contributed by atoms with Crippen LogP contribution in [0.2, 0.25) is 0 Å². The van der Waals surface area contributed by atoms with E-state index in [1.54, 1.807) is 13.8 Å². The maximum absolute atomic E-state index is 12.1. The first kappa shape index (κ1) is 16.5. The monoisotopic (exact) mass is 305 g/mol. The van der Waals surface area contributed by atoms with Gasteiger partial charge in [-0.25, -0.2) is 0 Å². The van der Waals surface area contributed by atoms with Gasteiger partial charge in [-0.05, 0) is 32.3 Å². The summed E-state index contributed by atoms with van der Waals surface area (Å²) in [4.78, 5) is 24.3. The standard InChI is InChI=1S/C17H23NO4/c1-3-21-15(19)17(16(20)22-4-2)10-14(11-17)18-12-13-8-6-5-7-9-13/h5-9,14,18H,3-4,10-12H2,1-2H3. The van der Waals surface area contributed by atoms with Gasteiger partial charge in [-0.3, -0.25) is 9.59 Å². The van der Waals surface area contributed by atoms with Gasteiger partial charge in [0.15, 0.2) is 5.41 Å². The predicted molar refractivity (Wildman–Crippen MR) is 82.0 cm³/mol. The van der Waals surface area contributed by atoms with Crippen molar-refractivity contribution in [1.82, 2.24) is 5.32 Å². The van der Waals surface area contributed by atoms with E-state index in [9.17, 15) is 9.59 Å². The van der Waals surface area contributed by atoms with Crippen LogP contribution in [0, 0.1) is 5.41 Å². The number of esters is 2. The van der Waals surface area contributed by atoms with Gasteiger partial charge >= 0.3 is 11.9 Å². The zero-order chi connectivity index (χ0) is 16.0. The first-order valence-corrected chi connectivity index (χ1v) is 7.74. The number of benzene rings is 1. The fourth-order valence-corrected chi connectivity index (χ4v) is 2.74. The molecular formula is C17H23NO4. The third-order valence-electron chi connectivity index (χ3n) is 3.96. The Kier molecular flexibility index (Phi) is 5.55. The summed E-state index contributed by atoms with van der Waals surface area (Å²) in [7, 11) is 0. The van der Waals surface area contributed by atoms with Crippen LogP contribution in [0.4, 0.5) is 0 Å². The van der Waals surface area contributed by atoms with Crippen molar-refractivity contribution in [2.24, 2.45) is 5.41 Å². The molecule has 0 spiro atoms. The SMILES string of the molecule is CCOC(=O)C1(C(=O)OCC)CC(NCc2ccccc2)C1. The van der Waals surface area contributed by atoms with Crippen LogP contribution in [0.5, 0.6) is 0 Å². The molecule has 0 radical (unpaired) electrons. The summed E-state index contributed by atoms with van der Waals surface area (Å²) in [6.07, 6.45) is 0.856. The van der Waals surface area contributed by atoms with E-state index in [-0.39, 0.29) is 19.3 Å². The molecular weight excluding hydrogens is 282 g/mol. The molecule has 1 N–H and O–H groups in total. The van der Waals surface area contributed by atoms with Crippen molar-refractivity contribution in [3.63, 3.8) is 0 Å². The second kappa shape index (κ2) is 7.40. The molecule has 1 aromatic rings. The highest BCUT2D eigenvalue weighted by Gasteiger charge is 2.58. The molecule has 0 saturated heterocycles. The van der Waals surface area contributed by atoms with Gasteiger partial charge in [0.25, 0.3) is 0 Å². The summed E-state index contributed by atoms with van der Waals surface area (Å²) >= 11 is 0. The van der Waals surface area contributed by atoms with Crippen LogP contribution in [-0.4, -0.2) is 31.2 Å². The molecule has 1 fully saturated rings. The smallest absolute Gasteiger partial charge is 0.323 e. The topological polar surface area (TPSA) is 64.6 Å². The number of carbonyl (C=O) groups excluding carboxylic acids is 2. The van der Waals surface area contributed by atoms with E-state index in [0.717, 1.165) is 0 Å². The highest BCUT2D eigenvalue weighted by Crippen LogP contribution is 2.43. The summed E-state index contributed by atoms with van der Waals surface area (Å²) in [6.45, 7) is 4.72. The van der Waals surface area contributed by atoms with E-state index in [0.29, 0.717) is 19.4 Å². The first-order chi connectivity index (χ1) is 10.6. The van der Waals surface area contributed by atoms with Crippen molar-refractivity contribution in [3.8, 4) is 0 Å². The molecule has 22 heavy (non-hydrogen) atoms. The third-order valence-corrected chi connectivity index (χ3v) is 3.96. The van der Waals surface area contributed by atoms with Crippen LogP contribution in [-0.2, 0) is 25.6 Å². The van der Waals surface area contributed by atoms with Gasteiger partial charge in [0.05, 0.1) is 13.2 Å². The lowest BCUT2D eigenvalue weighted by atomic mass is 9.65. The van der Waals surface area contributed by atoms with E-state index in [4.69, 9.17) is 9.47 Å². The van der Waals surface area contributed by atoms with Crippen molar-refractivity contribution in [3.05, 3.63) is 35.9 Å². The normalized spacial score (nSPS) is 16.6. The summed E-state index contributed by atoms with van der Waals surface area (Å²) in [5.74, 6) is -0.933. The van der Waals surface area contributed by atoms with Gasteiger partial charge in [-0.1, -0.05) is 30.3 Å². The molecule has 120 valence electrons. The summed E-state index contributed by atoms with van der Waals surface area (Å²) < 4.78 is 10.1. The van der Waals surface area contributed by atoms with E-state index in [2.05, 4.69) is 5.32 Å². The molecule has 0 aromatic heterocycles. The summed E-state index contributed by atoms with van der Waals surface area (Å²) in [5, 5.41) is 3.37. The molecule has 0 bridgehead atoms. The number of hydrogen-bond acceptors (Lipinski definition) is 5. The summed E-state index contributed by atoms with van der Waals surface area (Å²) in [6, 6.07) is 10.1. The Morgan fingerprint density at radius 3 is 2.14 bits per heavy atom. The quantitative estimate of drug-likeness (QED) is 0.617. The van der Waals surface area contributed by atoms with Crippen LogP contribution in [0.15, 0.2) is 30.3 Å². The number of rotatable bonds is 7. The molecule has 0 heterocycles. The second-order valence-corrected chi connectivity index (χ2v) is 5.49. The van der Waals surface area contributed by atoms with Gasteiger partial charge in [0.2, 0.25) is 0 Å². The molecule has 5 heteroatoms. The third kappa shape index (κ3) is 3.47. The van der Waals surface area contributed by atoms with Crippen molar-refractivity contribution < 1.29 is 19.1 Å². The van der Waals surface area contributed by atoms with Crippen LogP contribution in [0.25, 0.3) is 0 Å². The minimum absolute atomic E-state index is 0.119. The first-order valence-electron chi connectivity index (χ1n) is 7.74. The van der Waals surface area contributed by atoms with Gasteiger partial charge < -0.3 is 14.8 Å². The largest absolute Gasteiger partial charge is 0.465 e. The van der Waals surface area contributed by atoms with E-state index in [1.807, 2.05) is 30.3 Å². The summed E-state index contributed by atoms with van der Waals surface area (Å²) in [5.41, 5.74) is 0.0488. The molecule has 1 saturated carbocycles. The lowest BCUT2D eigenvalue weighted by Crippen LogP contribution is -2.58. The van der Waals surface area contributed by atoms with Crippen LogP contribution in [0.1, 0.15) is 32.3 Å². The lowest BCUT2D eigenvalue weighted by molar-refractivity contribution is -0.181. The molecule has 1 aliphatic rings. The molecule has 1 aromatic carbocycles. The Morgan fingerprint density at radius 2 is 1.64 bits per heavy atom. The Morgan fingerprint density at radius 1 is 1.09 bits per heavy atom. The van der Waals surface area contributed by atoms with Gasteiger partial charge in [-0.2, -0.15) is 0 Å². The Labute approximate surface area is 131 Å². The van der Waals surface area contributed by atoms with Crippen molar-refractivity contribution in [2.45, 2.75) is 39.3 Å². The number of hydrogen-bond donors (Lipinski definition) is 1. The van der Waals surface area contributed by atoms with Crippen molar-refractivity contribution in [1.29, 1.82) is 0 Å². The minimum atomic E-state index is -1.12. The highest BCUT2D eigenvalue weighted by atomic mass is 16.6. The molecule has 0 amide bonds. The zero-order valence-corrected chi connectivity index (χ0v) is 13.1. The fraction of sp³-hybridized carbons (Fsp3) is 0.529. The molecule has 2 rings (SSSR count). The maximum atomic E-state index is 12.1. The van der Waals surface area contributed by atoms with Crippen LogP contribution < -0.4 is 5.32 Å². The maximum Gasteiger partial charge on any atom is 0.323 e. The Bertz CT molecular complexity index is 489. The number of nitrogens with one attached hydrogen (secondary N) is 1. The van der Waals surface area contributed by atoms with Gasteiger partial charge in [-0.15, -0.1) is 0 Å². The molecule has 0 atom stereocenters. The van der Waals surface area contributed by atoms with Crippen molar-refractivity contribution >= 4 is 11.9 Å². The fourth-order valence-electron chi connectivity index (χ4n) is 2.74. The average molecular weight is 305 g/mol. The number of carbonyl (C=O) groups is 2. The Hall–Kier alpha value is -1.88. The molecule has 1 aliphatic carbocycles. The predicted octanol–water partition coefficient (Wildman–Crippen LogP) is 2.05. The van der Waals surface area contributed by atoms with Gasteiger partial charge in [0.1, 0.15) is 0 Å². The minimum Gasteiger partial charge on any atom is -0.465 e. The van der Waals surface area contributed by atoms with Crippen molar-refractivity contribution in [2.75, 3.05) is 13.2 Å². The van der Waals surface area contributed by atoms with E-state index < -0.39 is 17.4 Å². The van der Waals surface area contributed by atoms with Crippen LogP contribution in [0.3, 0.4) is 0 Å². The number of ether oxygens (including phenoxy) is 2. The molecule has 0 unspecified atom stereocenters. The highest BCUT2D eigenvalue weighted by molar-refractivity contribution is 6.01. The Balaban J connectivity index is 1.92. The van der Waals surface area contributed by atoms with E-state index in [1.165, 1.54) is 5.56 Å². The zero-order valence-electron chi connectivity index (χ0n) is 13.1. The lowest BCUT2D eigenvalue weighted by Gasteiger charge is -2.43. The van der Waals surface area contributed by atoms with Gasteiger partial charge in [0, 0.05) is 12.6 Å². The van der Waals surface area contributed by atoms with Crippen LogP contribution >= 0.6 is 0 Å². The average Bonchev–Trinajstić information content (AvgIpc) is 2.47. The van der Waals surface area contributed by atoms with E-state index >= 15 is 0 Å².